The Morgan fingerprint density at radius 1 is 0.885 bits per heavy atom. The van der Waals surface area contributed by atoms with Crippen LogP contribution >= 0.6 is 0 Å². The van der Waals surface area contributed by atoms with Gasteiger partial charge in [0, 0.05) is 18.7 Å². The van der Waals surface area contributed by atoms with Crippen LogP contribution in [0.15, 0.2) is 54.6 Å². The molecule has 136 valence electrons. The number of benzene rings is 2. The highest BCUT2D eigenvalue weighted by Gasteiger charge is 2.30. The lowest BCUT2D eigenvalue weighted by atomic mass is 10.0. The van der Waals surface area contributed by atoms with Crippen LogP contribution in [0.2, 0.25) is 0 Å². The van der Waals surface area contributed by atoms with Gasteiger partial charge in [-0.2, -0.15) is 0 Å². The van der Waals surface area contributed by atoms with Gasteiger partial charge in [0.05, 0.1) is 0 Å². The molecule has 0 bridgehead atoms. The van der Waals surface area contributed by atoms with Crippen LogP contribution in [-0.2, 0) is 4.79 Å². The van der Waals surface area contributed by atoms with Gasteiger partial charge in [0.15, 0.2) is 0 Å². The maximum atomic E-state index is 12.7. The van der Waals surface area contributed by atoms with Gasteiger partial charge in [-0.05, 0) is 42.0 Å². The highest BCUT2D eigenvalue weighted by atomic mass is 16.2. The van der Waals surface area contributed by atoms with Crippen LogP contribution in [0.4, 0.5) is 0 Å². The monoisotopic (exact) mass is 350 g/mol. The lowest BCUT2D eigenvalue weighted by molar-refractivity contribution is -0.133. The summed E-state index contributed by atoms with van der Waals surface area (Å²) in [7, 11) is 0. The molecule has 1 aliphatic rings. The summed E-state index contributed by atoms with van der Waals surface area (Å²) in [5, 5.41) is 2.94. The van der Waals surface area contributed by atoms with Gasteiger partial charge in [-0.25, -0.2) is 0 Å². The van der Waals surface area contributed by atoms with Crippen molar-refractivity contribution in [1.29, 1.82) is 0 Å². The largest absolute Gasteiger partial charge is 0.341 e. The van der Waals surface area contributed by atoms with Gasteiger partial charge in [0.2, 0.25) is 5.91 Å². The van der Waals surface area contributed by atoms with E-state index < -0.39 is 6.04 Å². The lowest BCUT2D eigenvalue weighted by Crippen LogP contribution is -2.50. The molecule has 4 heteroatoms. The van der Waals surface area contributed by atoms with Crippen LogP contribution in [0.25, 0.3) is 11.1 Å². The van der Waals surface area contributed by atoms with E-state index in [-0.39, 0.29) is 17.7 Å². The van der Waals surface area contributed by atoms with Gasteiger partial charge in [-0.1, -0.05) is 56.3 Å². The maximum absolute atomic E-state index is 12.7. The minimum Gasteiger partial charge on any atom is -0.341 e. The Balaban J connectivity index is 1.70. The van der Waals surface area contributed by atoms with E-state index >= 15 is 0 Å². The van der Waals surface area contributed by atoms with Gasteiger partial charge in [0.1, 0.15) is 6.04 Å². The molecular formula is C22H26N2O2. The molecule has 3 rings (SSSR count). The molecule has 0 saturated carbocycles. The molecule has 1 fully saturated rings. The standard InChI is InChI=1S/C22H26N2O2/c1-16(2)20(22(26)24-14-6-7-15-24)23-21(25)19-12-10-18(11-13-19)17-8-4-3-5-9-17/h3-5,8-13,16,20H,6-7,14-15H2,1-2H3,(H,23,25)/t20-/m0/s1. The van der Waals surface area contributed by atoms with E-state index in [4.69, 9.17) is 0 Å². The van der Waals surface area contributed by atoms with Crippen molar-refractivity contribution >= 4 is 11.8 Å². The molecule has 1 aliphatic heterocycles. The molecule has 4 nitrogen and oxygen atoms in total. The van der Waals surface area contributed by atoms with E-state index in [2.05, 4.69) is 5.32 Å². The molecule has 1 atom stereocenters. The van der Waals surface area contributed by atoms with Crippen LogP contribution in [0, 0.1) is 5.92 Å². The van der Waals surface area contributed by atoms with Gasteiger partial charge >= 0.3 is 0 Å². The smallest absolute Gasteiger partial charge is 0.251 e. The third kappa shape index (κ3) is 4.13. The quantitative estimate of drug-likeness (QED) is 0.893. The Hall–Kier alpha value is -2.62. The van der Waals surface area contributed by atoms with Crippen molar-refractivity contribution < 1.29 is 9.59 Å². The minimum atomic E-state index is -0.477. The second-order valence-electron chi connectivity index (χ2n) is 7.17. The summed E-state index contributed by atoms with van der Waals surface area (Å²) in [5.74, 6) is -0.113. The van der Waals surface area contributed by atoms with Crippen molar-refractivity contribution in [3.8, 4) is 11.1 Å². The molecule has 2 aromatic carbocycles. The zero-order chi connectivity index (χ0) is 18.5. The normalized spacial score (nSPS) is 15.1. The first kappa shape index (κ1) is 18.2. The average Bonchev–Trinajstić information content (AvgIpc) is 3.21. The maximum Gasteiger partial charge on any atom is 0.251 e. The predicted octanol–water partition coefficient (Wildman–Crippen LogP) is 3.73. The molecule has 1 saturated heterocycles. The lowest BCUT2D eigenvalue weighted by Gasteiger charge is -2.26. The number of likely N-dealkylation sites (tertiary alicyclic amines) is 1. The number of rotatable bonds is 5. The topological polar surface area (TPSA) is 49.4 Å². The molecule has 0 aliphatic carbocycles. The Bertz CT molecular complexity index is 747. The summed E-state index contributed by atoms with van der Waals surface area (Å²) in [6, 6.07) is 17.1. The van der Waals surface area contributed by atoms with Crippen LogP contribution in [-0.4, -0.2) is 35.8 Å². The second-order valence-corrected chi connectivity index (χ2v) is 7.17. The molecule has 0 unspecified atom stereocenters. The van der Waals surface area contributed by atoms with Gasteiger partial charge in [-0.15, -0.1) is 0 Å². The third-order valence-corrected chi connectivity index (χ3v) is 4.89. The Kier molecular flexibility index (Phi) is 5.71. The van der Waals surface area contributed by atoms with Crippen LogP contribution in [0.1, 0.15) is 37.0 Å². The zero-order valence-electron chi connectivity index (χ0n) is 15.4. The fraction of sp³-hybridized carbons (Fsp3) is 0.364. The number of amides is 2. The highest BCUT2D eigenvalue weighted by molar-refractivity contribution is 5.98. The van der Waals surface area contributed by atoms with Gasteiger partial charge < -0.3 is 10.2 Å². The molecule has 0 radical (unpaired) electrons. The first-order chi connectivity index (χ1) is 12.6. The number of carbonyl (C=O) groups excluding carboxylic acids is 2. The molecule has 1 heterocycles. The second kappa shape index (κ2) is 8.17. The van der Waals surface area contributed by atoms with Crippen LogP contribution in [0.5, 0.6) is 0 Å². The number of hydrogen-bond donors (Lipinski definition) is 1. The summed E-state index contributed by atoms with van der Waals surface area (Å²) in [6.45, 7) is 5.53. The van der Waals surface area contributed by atoms with Crippen molar-refractivity contribution in [3.63, 3.8) is 0 Å². The molecule has 0 aromatic heterocycles. The Morgan fingerprint density at radius 2 is 1.46 bits per heavy atom. The molecule has 26 heavy (non-hydrogen) atoms. The highest BCUT2D eigenvalue weighted by Crippen LogP contribution is 2.19. The van der Waals surface area contributed by atoms with Crippen molar-refractivity contribution in [3.05, 3.63) is 60.2 Å². The van der Waals surface area contributed by atoms with Gasteiger partial charge in [-0.3, -0.25) is 9.59 Å². The summed E-state index contributed by atoms with van der Waals surface area (Å²) < 4.78 is 0. The first-order valence-electron chi connectivity index (χ1n) is 9.31. The van der Waals surface area contributed by atoms with E-state index in [1.807, 2.05) is 73.3 Å². The van der Waals surface area contributed by atoms with Gasteiger partial charge in [0.25, 0.3) is 5.91 Å². The molecule has 0 spiro atoms. The number of nitrogens with zero attached hydrogens (tertiary/aromatic N) is 1. The van der Waals surface area contributed by atoms with Crippen molar-refractivity contribution in [2.24, 2.45) is 5.92 Å². The molecular weight excluding hydrogens is 324 g/mol. The number of hydrogen-bond acceptors (Lipinski definition) is 2. The van der Waals surface area contributed by atoms with Crippen LogP contribution < -0.4 is 5.32 Å². The third-order valence-electron chi connectivity index (χ3n) is 4.89. The van der Waals surface area contributed by atoms with E-state index in [1.54, 1.807) is 0 Å². The molecule has 2 aromatic rings. The van der Waals surface area contributed by atoms with Crippen molar-refractivity contribution in [2.45, 2.75) is 32.7 Å². The molecule has 1 N–H and O–H groups in total. The SMILES string of the molecule is CC(C)[C@H](NC(=O)c1ccc(-c2ccccc2)cc1)C(=O)N1CCCC1. The van der Waals surface area contributed by atoms with Crippen molar-refractivity contribution in [2.75, 3.05) is 13.1 Å². The zero-order valence-corrected chi connectivity index (χ0v) is 15.4. The summed E-state index contributed by atoms with van der Waals surface area (Å²) in [5.41, 5.74) is 2.75. The van der Waals surface area contributed by atoms with E-state index in [9.17, 15) is 9.59 Å². The first-order valence-corrected chi connectivity index (χ1v) is 9.31. The van der Waals surface area contributed by atoms with Crippen LogP contribution in [0.3, 0.4) is 0 Å². The average molecular weight is 350 g/mol. The van der Waals surface area contributed by atoms with E-state index in [0.29, 0.717) is 5.56 Å². The Labute approximate surface area is 155 Å². The minimum absolute atomic E-state index is 0.0340. The fourth-order valence-electron chi connectivity index (χ4n) is 3.32. The predicted molar refractivity (Wildman–Crippen MR) is 104 cm³/mol. The number of carbonyl (C=O) groups is 2. The number of nitrogens with one attached hydrogen (secondary N) is 1. The van der Waals surface area contributed by atoms with Crippen molar-refractivity contribution in [1.82, 2.24) is 10.2 Å². The van der Waals surface area contributed by atoms with E-state index in [0.717, 1.165) is 37.1 Å². The Morgan fingerprint density at radius 3 is 2.04 bits per heavy atom. The summed E-state index contributed by atoms with van der Waals surface area (Å²) in [6.07, 6.45) is 2.09. The van der Waals surface area contributed by atoms with E-state index in [1.165, 1.54) is 0 Å². The summed E-state index contributed by atoms with van der Waals surface area (Å²) in [4.78, 5) is 27.2. The molecule has 2 amide bonds. The summed E-state index contributed by atoms with van der Waals surface area (Å²) >= 11 is 0. The fourth-order valence-corrected chi connectivity index (χ4v) is 3.32.